The number of aryl methyl sites for hydroxylation is 1. The van der Waals surface area contributed by atoms with Gasteiger partial charge in [0.2, 0.25) is 0 Å². The van der Waals surface area contributed by atoms with Crippen molar-refractivity contribution in [1.82, 2.24) is 9.97 Å². The number of nitrogens with zero attached hydrogens (tertiary/aromatic N) is 1. The van der Waals surface area contributed by atoms with E-state index in [-0.39, 0.29) is 5.97 Å². The predicted octanol–water partition coefficient (Wildman–Crippen LogP) is 4.12. The molecule has 5 nitrogen and oxygen atoms in total. The SMILES string of the molecule is COC(=O)c1c(C)[nH]c(-c2csc(COc3ccccc3)n2)c1C. The number of nitrogens with one attached hydrogen (secondary N) is 1. The van der Waals surface area contributed by atoms with Gasteiger partial charge in [0.25, 0.3) is 0 Å². The zero-order valence-corrected chi connectivity index (χ0v) is 14.6. The number of aromatic nitrogens is 2. The molecule has 6 heteroatoms. The van der Waals surface area contributed by atoms with Crippen LogP contribution in [0.1, 0.15) is 26.6 Å². The largest absolute Gasteiger partial charge is 0.486 e. The van der Waals surface area contributed by atoms with Crippen molar-refractivity contribution in [3.63, 3.8) is 0 Å². The Kier molecular flexibility index (Phi) is 4.66. The van der Waals surface area contributed by atoms with Gasteiger partial charge in [-0.15, -0.1) is 11.3 Å². The van der Waals surface area contributed by atoms with Crippen molar-refractivity contribution in [2.75, 3.05) is 7.11 Å². The molecule has 24 heavy (non-hydrogen) atoms. The van der Waals surface area contributed by atoms with Crippen LogP contribution in [0.5, 0.6) is 5.75 Å². The number of carbonyl (C=O) groups is 1. The van der Waals surface area contributed by atoms with Gasteiger partial charge in [-0.1, -0.05) is 18.2 Å². The van der Waals surface area contributed by atoms with Gasteiger partial charge in [0, 0.05) is 11.1 Å². The van der Waals surface area contributed by atoms with Crippen LogP contribution in [0.3, 0.4) is 0 Å². The predicted molar refractivity (Wildman–Crippen MR) is 93.5 cm³/mol. The number of methoxy groups -OCH3 is 1. The van der Waals surface area contributed by atoms with E-state index >= 15 is 0 Å². The number of aromatic amines is 1. The lowest BCUT2D eigenvalue weighted by Crippen LogP contribution is -2.03. The number of para-hydroxylation sites is 1. The third-order valence-electron chi connectivity index (χ3n) is 3.74. The Labute approximate surface area is 144 Å². The Bertz CT molecular complexity index is 853. The molecule has 3 aromatic rings. The van der Waals surface area contributed by atoms with Crippen LogP contribution in [-0.2, 0) is 11.3 Å². The van der Waals surface area contributed by atoms with Crippen LogP contribution in [0, 0.1) is 13.8 Å². The topological polar surface area (TPSA) is 64.2 Å². The van der Waals surface area contributed by atoms with Gasteiger partial charge >= 0.3 is 5.97 Å². The van der Waals surface area contributed by atoms with E-state index in [4.69, 9.17) is 9.47 Å². The first kappa shape index (κ1) is 16.3. The number of esters is 1. The zero-order chi connectivity index (χ0) is 17.1. The average molecular weight is 342 g/mol. The van der Waals surface area contributed by atoms with Crippen LogP contribution < -0.4 is 4.74 Å². The molecule has 0 atom stereocenters. The van der Waals surface area contributed by atoms with Crippen LogP contribution in [0.25, 0.3) is 11.4 Å². The molecule has 0 unspecified atom stereocenters. The highest BCUT2D eigenvalue weighted by molar-refractivity contribution is 7.09. The smallest absolute Gasteiger partial charge is 0.339 e. The number of carbonyl (C=O) groups excluding carboxylic acids is 1. The van der Waals surface area contributed by atoms with E-state index < -0.39 is 0 Å². The van der Waals surface area contributed by atoms with E-state index in [9.17, 15) is 4.79 Å². The molecule has 2 heterocycles. The van der Waals surface area contributed by atoms with Crippen molar-refractivity contribution >= 4 is 17.3 Å². The first-order chi connectivity index (χ1) is 11.6. The minimum atomic E-state index is -0.338. The third-order valence-corrected chi connectivity index (χ3v) is 4.56. The maximum absolute atomic E-state index is 11.9. The van der Waals surface area contributed by atoms with Gasteiger partial charge in [-0.05, 0) is 31.5 Å². The summed E-state index contributed by atoms with van der Waals surface area (Å²) < 4.78 is 10.6. The Hall–Kier alpha value is -2.60. The van der Waals surface area contributed by atoms with E-state index in [1.807, 2.05) is 49.6 Å². The summed E-state index contributed by atoms with van der Waals surface area (Å²) in [5.74, 6) is 0.476. The molecule has 0 aliphatic carbocycles. The Balaban J connectivity index is 1.80. The van der Waals surface area contributed by atoms with Gasteiger partial charge in [-0.25, -0.2) is 9.78 Å². The Morgan fingerprint density at radius 1 is 1.25 bits per heavy atom. The first-order valence-corrected chi connectivity index (χ1v) is 8.38. The fourth-order valence-corrected chi connectivity index (χ4v) is 3.26. The lowest BCUT2D eigenvalue weighted by atomic mass is 10.1. The summed E-state index contributed by atoms with van der Waals surface area (Å²) in [5, 5.41) is 2.84. The highest BCUT2D eigenvalue weighted by Gasteiger charge is 2.20. The Morgan fingerprint density at radius 2 is 2.00 bits per heavy atom. The fourth-order valence-electron chi connectivity index (χ4n) is 2.57. The van der Waals surface area contributed by atoms with E-state index in [1.54, 1.807) is 0 Å². The maximum atomic E-state index is 11.9. The second kappa shape index (κ2) is 6.88. The van der Waals surface area contributed by atoms with Gasteiger partial charge in [-0.2, -0.15) is 0 Å². The number of benzene rings is 1. The molecule has 0 saturated heterocycles. The van der Waals surface area contributed by atoms with E-state index in [0.29, 0.717) is 12.2 Å². The van der Waals surface area contributed by atoms with Crippen molar-refractivity contribution in [3.8, 4) is 17.1 Å². The van der Waals surface area contributed by atoms with Crippen molar-refractivity contribution in [2.45, 2.75) is 20.5 Å². The van der Waals surface area contributed by atoms with Gasteiger partial charge in [0.15, 0.2) is 0 Å². The first-order valence-electron chi connectivity index (χ1n) is 7.50. The maximum Gasteiger partial charge on any atom is 0.339 e. The monoisotopic (exact) mass is 342 g/mol. The van der Waals surface area contributed by atoms with Crippen molar-refractivity contribution in [3.05, 3.63) is 57.5 Å². The lowest BCUT2D eigenvalue weighted by Gasteiger charge is -2.02. The molecule has 0 amide bonds. The third kappa shape index (κ3) is 3.19. The standard InChI is InChI=1S/C18H18N2O3S/c1-11-16(18(21)22-3)12(2)19-17(11)14-10-24-15(20-14)9-23-13-7-5-4-6-8-13/h4-8,10,19H,9H2,1-3H3. The molecule has 0 aliphatic rings. The normalized spacial score (nSPS) is 10.6. The molecular formula is C18H18N2O3S. The molecule has 0 fully saturated rings. The molecular weight excluding hydrogens is 324 g/mol. The lowest BCUT2D eigenvalue weighted by molar-refractivity contribution is 0.0599. The summed E-state index contributed by atoms with van der Waals surface area (Å²) in [6.45, 7) is 4.16. The molecule has 1 aromatic carbocycles. The second-order valence-corrected chi connectivity index (χ2v) is 6.29. The van der Waals surface area contributed by atoms with Crippen LogP contribution in [0.4, 0.5) is 0 Å². The van der Waals surface area contributed by atoms with Crippen LogP contribution >= 0.6 is 11.3 Å². The number of ether oxygens (including phenoxy) is 2. The van der Waals surface area contributed by atoms with Crippen LogP contribution in [0.15, 0.2) is 35.7 Å². The van der Waals surface area contributed by atoms with Gasteiger partial charge in [-0.3, -0.25) is 0 Å². The van der Waals surface area contributed by atoms with E-state index in [2.05, 4.69) is 9.97 Å². The zero-order valence-electron chi connectivity index (χ0n) is 13.8. The number of thiazole rings is 1. The molecule has 0 saturated carbocycles. The van der Waals surface area contributed by atoms with Crippen LogP contribution in [-0.4, -0.2) is 23.0 Å². The van der Waals surface area contributed by atoms with E-state index in [1.165, 1.54) is 18.4 Å². The van der Waals surface area contributed by atoms with Crippen molar-refractivity contribution in [2.24, 2.45) is 0 Å². The molecule has 0 radical (unpaired) electrons. The highest BCUT2D eigenvalue weighted by Crippen LogP contribution is 2.29. The van der Waals surface area contributed by atoms with Gasteiger partial charge in [0.05, 0.1) is 24.1 Å². The summed E-state index contributed by atoms with van der Waals surface area (Å²) in [5.41, 5.74) is 3.85. The number of H-pyrrole nitrogens is 1. The number of rotatable bonds is 5. The molecule has 124 valence electrons. The number of hydrogen-bond donors (Lipinski definition) is 1. The molecule has 1 N–H and O–H groups in total. The second-order valence-electron chi connectivity index (χ2n) is 5.34. The van der Waals surface area contributed by atoms with Crippen molar-refractivity contribution < 1.29 is 14.3 Å². The summed E-state index contributed by atoms with van der Waals surface area (Å²) in [4.78, 5) is 19.7. The van der Waals surface area contributed by atoms with Crippen molar-refractivity contribution in [1.29, 1.82) is 0 Å². The van der Waals surface area contributed by atoms with Gasteiger partial charge in [0.1, 0.15) is 17.4 Å². The minimum Gasteiger partial charge on any atom is -0.486 e. The summed E-state index contributed by atoms with van der Waals surface area (Å²) in [7, 11) is 1.38. The van der Waals surface area contributed by atoms with E-state index in [0.717, 1.165) is 33.4 Å². The molecule has 0 aliphatic heterocycles. The molecule has 0 bridgehead atoms. The molecule has 3 rings (SSSR count). The molecule has 0 spiro atoms. The highest BCUT2D eigenvalue weighted by atomic mass is 32.1. The van der Waals surface area contributed by atoms with Gasteiger partial charge < -0.3 is 14.5 Å². The molecule has 2 aromatic heterocycles. The van der Waals surface area contributed by atoms with Crippen LogP contribution in [0.2, 0.25) is 0 Å². The summed E-state index contributed by atoms with van der Waals surface area (Å²) in [6.07, 6.45) is 0. The quantitative estimate of drug-likeness (QED) is 0.708. The summed E-state index contributed by atoms with van der Waals surface area (Å²) >= 11 is 1.53. The Morgan fingerprint density at radius 3 is 2.71 bits per heavy atom. The fraction of sp³-hybridized carbons (Fsp3) is 0.222. The summed E-state index contributed by atoms with van der Waals surface area (Å²) in [6, 6.07) is 9.64. The minimum absolute atomic E-state index is 0.338. The average Bonchev–Trinajstić information content (AvgIpc) is 3.18. The number of hydrogen-bond acceptors (Lipinski definition) is 5.